The molecule has 11 rings (SSSR count). The number of benzene rings is 4. The van der Waals surface area contributed by atoms with Gasteiger partial charge in [0.2, 0.25) is 17.8 Å². The number of methoxy groups -OCH3 is 1. The average molecular weight is 1080 g/mol. The number of aryl methyl sites for hydroxylation is 1. The first kappa shape index (κ1) is 51.9. The van der Waals surface area contributed by atoms with Gasteiger partial charge < -0.3 is 34.6 Å². The average Bonchev–Trinajstić information content (AvgIpc) is 3.97. The lowest BCUT2D eigenvalue weighted by Gasteiger charge is -2.49. The van der Waals surface area contributed by atoms with Crippen LogP contribution >= 0.6 is 18.7 Å². The van der Waals surface area contributed by atoms with Crippen molar-refractivity contribution >= 4 is 82.2 Å². The first-order chi connectivity index (χ1) is 37.0. The number of carbonyl (C=O) groups is 4. The van der Waals surface area contributed by atoms with Gasteiger partial charge in [0.05, 0.1) is 47.7 Å². The van der Waals surface area contributed by atoms with E-state index in [1.807, 2.05) is 72.9 Å². The minimum absolute atomic E-state index is 0.0145. The molecule has 20 heteroatoms. The third-order valence-corrected chi connectivity index (χ3v) is 18.0. The number of ether oxygens (including phenoxy) is 1. The summed E-state index contributed by atoms with van der Waals surface area (Å²) < 4.78 is 37.3. The lowest BCUT2D eigenvalue weighted by molar-refractivity contribution is -0.136. The summed E-state index contributed by atoms with van der Waals surface area (Å²) in [4.78, 5) is 68.5. The topological polar surface area (TPSA) is 187 Å². The van der Waals surface area contributed by atoms with Gasteiger partial charge in [-0.2, -0.15) is 10.1 Å². The Morgan fingerprint density at radius 2 is 1.55 bits per heavy atom. The molecule has 6 aromatic rings. The molecule has 400 valence electrons. The molecule has 0 bridgehead atoms. The summed E-state index contributed by atoms with van der Waals surface area (Å²) in [5.41, 5.74) is 6.69. The summed E-state index contributed by atoms with van der Waals surface area (Å²) in [7, 11) is 0.800. The highest BCUT2D eigenvalue weighted by Gasteiger charge is 2.46. The van der Waals surface area contributed by atoms with Crippen LogP contribution in [0, 0.1) is 17.2 Å². The molecule has 77 heavy (non-hydrogen) atoms. The largest absolute Gasteiger partial charge is 0.494 e. The lowest BCUT2D eigenvalue weighted by Crippen LogP contribution is -2.54. The molecule has 0 saturated carbocycles. The number of fused-ring (bicyclic) bond motifs is 1. The van der Waals surface area contributed by atoms with Crippen LogP contribution in [0.15, 0.2) is 91.4 Å². The van der Waals surface area contributed by atoms with E-state index >= 15 is 4.39 Å². The highest BCUT2D eigenvalue weighted by molar-refractivity contribution is 7.70. The maximum atomic E-state index is 15.8. The van der Waals surface area contributed by atoms with Crippen molar-refractivity contribution in [3.63, 3.8) is 0 Å². The summed E-state index contributed by atoms with van der Waals surface area (Å²) in [6, 6.07) is 21.5. The second-order valence-corrected chi connectivity index (χ2v) is 25.2. The van der Waals surface area contributed by atoms with E-state index in [0.29, 0.717) is 58.0 Å². The number of piperidine rings is 4. The molecule has 5 aliphatic rings. The Balaban J connectivity index is 0.742. The van der Waals surface area contributed by atoms with Crippen LogP contribution in [0.1, 0.15) is 72.1 Å². The van der Waals surface area contributed by atoms with Crippen LogP contribution in [-0.4, -0.2) is 125 Å². The smallest absolute Gasteiger partial charge is 0.262 e. The normalized spacial score (nSPS) is 19.2. The van der Waals surface area contributed by atoms with Gasteiger partial charge in [0.1, 0.15) is 29.8 Å². The first-order valence-electron chi connectivity index (χ1n) is 26.3. The van der Waals surface area contributed by atoms with Crippen LogP contribution in [0.3, 0.4) is 0 Å². The molecule has 4 amide bonds. The van der Waals surface area contributed by atoms with Crippen molar-refractivity contribution in [2.24, 2.45) is 18.4 Å². The summed E-state index contributed by atoms with van der Waals surface area (Å²) in [6.07, 6.45) is 11.5. The fourth-order valence-electron chi connectivity index (χ4n) is 12.1. The third-order valence-electron chi connectivity index (χ3n) is 16.1. The number of nitrogens with zero attached hydrogens (tertiary/aromatic N) is 8. The van der Waals surface area contributed by atoms with Crippen molar-refractivity contribution in [3.05, 3.63) is 113 Å². The molecule has 3 N–H and O–H groups in total. The minimum Gasteiger partial charge on any atom is -0.494 e. The SMILES string of the molecule is COc1cc(N2CCC(CN3CCCC4(CCN(c5cc6c(cc5F)C(=O)N(C5CCC(=O)NC5=O)C6=O)CC4)C3)CC2)c(-c2cnn(C)c2)cc1Nc1ncc(Cl)c(Nc2ccc(-c3ccccc3)cc2P(C)(C)=O)n1. The molecule has 1 unspecified atom stereocenters. The molecule has 5 aliphatic heterocycles. The number of imide groups is 2. The molecule has 7 heterocycles. The molecule has 0 aliphatic carbocycles. The van der Waals surface area contributed by atoms with E-state index in [2.05, 4.69) is 48.0 Å². The van der Waals surface area contributed by atoms with Crippen molar-refractivity contribution in [2.45, 2.75) is 57.4 Å². The van der Waals surface area contributed by atoms with E-state index in [0.717, 1.165) is 110 Å². The Hall–Kier alpha value is -7.14. The predicted molar refractivity (Wildman–Crippen MR) is 297 cm³/mol. The number of rotatable bonds is 13. The summed E-state index contributed by atoms with van der Waals surface area (Å²) in [5.74, 6) is -1.30. The van der Waals surface area contributed by atoms with Crippen LogP contribution < -0.4 is 35.8 Å². The van der Waals surface area contributed by atoms with Gasteiger partial charge in [-0.3, -0.25) is 34.1 Å². The molecule has 2 aromatic heterocycles. The number of nitrogens with one attached hydrogen (secondary N) is 3. The zero-order chi connectivity index (χ0) is 53.8. The maximum absolute atomic E-state index is 15.8. The van der Waals surface area contributed by atoms with Crippen LogP contribution in [0.25, 0.3) is 22.3 Å². The zero-order valence-corrected chi connectivity index (χ0v) is 45.3. The van der Waals surface area contributed by atoms with Gasteiger partial charge >= 0.3 is 0 Å². The molecule has 4 saturated heterocycles. The standard InChI is InChI=1S/C57H62ClFN11O6P/c1-66-33-38(30-61-66)39-27-45(63-56-60-31-42(58)52(65-56)62-44-12-11-37(25-50(44)77(3,4)75)36-9-6-5-7-10-36)49(76-2)29-47(39)68-21-15-35(16-22-68)32-67-20-8-17-57(34-67)18-23-69(24-19-57)48-28-41-40(26-43(48)59)54(73)70(55(41)74)46-13-14-51(71)64-53(46)72/h5-7,9-12,25-31,33,35,46H,8,13-24,32,34H2,1-4H3,(H,64,71,72)(H2,60,62,63,65). The van der Waals surface area contributed by atoms with Crippen molar-refractivity contribution < 1.29 is 32.9 Å². The Bertz CT molecular complexity index is 3350. The molecular weight excluding hydrogens is 1020 g/mol. The number of likely N-dealkylation sites (tertiary alicyclic amines) is 1. The first-order valence-corrected chi connectivity index (χ1v) is 29.3. The zero-order valence-electron chi connectivity index (χ0n) is 43.7. The third kappa shape index (κ3) is 10.5. The number of hydrogen-bond donors (Lipinski definition) is 3. The second kappa shape index (κ2) is 21.0. The number of carbonyl (C=O) groups excluding carboxylic acids is 4. The Morgan fingerprint density at radius 3 is 2.25 bits per heavy atom. The summed E-state index contributed by atoms with van der Waals surface area (Å²) in [5, 5.41) is 14.5. The lowest BCUT2D eigenvalue weighted by atomic mass is 9.72. The quantitative estimate of drug-likeness (QED) is 0.0734. The fraction of sp³-hybridized carbons (Fsp3) is 0.386. The Labute approximate surface area is 451 Å². The van der Waals surface area contributed by atoms with Crippen LogP contribution in [-0.2, 0) is 21.2 Å². The highest BCUT2D eigenvalue weighted by atomic mass is 35.5. The van der Waals surface area contributed by atoms with Crippen LogP contribution in [0.2, 0.25) is 5.02 Å². The minimum atomic E-state index is -2.75. The van der Waals surface area contributed by atoms with E-state index in [4.69, 9.17) is 21.3 Å². The maximum Gasteiger partial charge on any atom is 0.262 e. The Kier molecular flexibility index (Phi) is 14.2. The van der Waals surface area contributed by atoms with E-state index in [9.17, 15) is 23.7 Å². The van der Waals surface area contributed by atoms with Gasteiger partial charge in [-0.05, 0) is 118 Å². The molecule has 1 spiro atoms. The van der Waals surface area contributed by atoms with Crippen molar-refractivity contribution in [3.8, 4) is 28.0 Å². The number of hydrogen-bond acceptors (Lipinski definition) is 14. The van der Waals surface area contributed by atoms with Gasteiger partial charge in [0.15, 0.2) is 5.82 Å². The highest BCUT2D eigenvalue weighted by Crippen LogP contribution is 2.45. The fourth-order valence-corrected chi connectivity index (χ4v) is 13.4. The van der Waals surface area contributed by atoms with Gasteiger partial charge in [0, 0.05) is 87.1 Å². The monoisotopic (exact) mass is 1080 g/mol. The number of halogens is 2. The predicted octanol–water partition coefficient (Wildman–Crippen LogP) is 9.08. The molecule has 4 fully saturated rings. The van der Waals surface area contributed by atoms with Crippen molar-refractivity contribution in [1.82, 2.24) is 34.9 Å². The van der Waals surface area contributed by atoms with E-state index < -0.39 is 42.6 Å². The Morgan fingerprint density at radius 1 is 0.805 bits per heavy atom. The molecule has 1 atom stereocenters. The summed E-state index contributed by atoms with van der Waals surface area (Å²) >= 11 is 6.72. The van der Waals surface area contributed by atoms with E-state index in [1.54, 1.807) is 25.1 Å². The second-order valence-electron chi connectivity index (χ2n) is 21.6. The molecular formula is C57H62ClFN11O6P. The molecule has 4 aromatic carbocycles. The van der Waals surface area contributed by atoms with Crippen molar-refractivity contribution in [1.29, 1.82) is 0 Å². The molecule has 17 nitrogen and oxygen atoms in total. The van der Waals surface area contributed by atoms with E-state index in [1.165, 1.54) is 12.3 Å². The number of aromatic nitrogens is 4. The van der Waals surface area contributed by atoms with Crippen molar-refractivity contribution in [2.75, 3.05) is 86.7 Å². The van der Waals surface area contributed by atoms with Gasteiger partial charge in [-0.15, -0.1) is 0 Å². The van der Waals surface area contributed by atoms with Gasteiger partial charge in [-0.1, -0.05) is 48.0 Å². The molecule has 0 radical (unpaired) electrons. The summed E-state index contributed by atoms with van der Waals surface area (Å²) in [6.45, 7) is 9.50. The van der Waals surface area contributed by atoms with Gasteiger partial charge in [0.25, 0.3) is 11.8 Å². The van der Waals surface area contributed by atoms with E-state index in [-0.39, 0.29) is 35.3 Å². The van der Waals surface area contributed by atoms with Crippen LogP contribution in [0.5, 0.6) is 5.75 Å². The number of anilines is 6. The van der Waals surface area contributed by atoms with Crippen LogP contribution in [0.4, 0.5) is 38.9 Å². The van der Waals surface area contributed by atoms with Gasteiger partial charge in [-0.25, -0.2) is 9.37 Å². The number of amides is 4.